The molecule has 1 heterocycles. The first-order valence-electron chi connectivity index (χ1n) is 7.80. The van der Waals surface area contributed by atoms with E-state index in [-0.39, 0.29) is 24.6 Å². The molecule has 1 saturated heterocycles. The molecule has 2 rings (SSSR count). The molecule has 1 aromatic rings. The molecule has 1 aromatic carbocycles. The Labute approximate surface area is 131 Å². The van der Waals surface area contributed by atoms with Crippen LogP contribution in [-0.4, -0.2) is 30.1 Å². The van der Waals surface area contributed by atoms with Crippen LogP contribution in [0, 0.1) is 0 Å². The summed E-state index contributed by atoms with van der Waals surface area (Å²) in [7, 11) is 0. The van der Waals surface area contributed by atoms with Crippen LogP contribution < -0.4 is 10.6 Å². The topological polar surface area (TPSA) is 67.4 Å². The highest BCUT2D eigenvalue weighted by atomic mass is 16.5. The average molecular weight is 304 g/mol. The van der Waals surface area contributed by atoms with E-state index < -0.39 is 11.5 Å². The molecule has 0 aromatic heterocycles. The van der Waals surface area contributed by atoms with E-state index in [0.717, 1.165) is 12.0 Å². The maximum atomic E-state index is 12.7. The molecular formula is C17H24N2O3. The molecule has 3 atom stereocenters. The van der Waals surface area contributed by atoms with Gasteiger partial charge in [-0.05, 0) is 39.2 Å². The Hall–Kier alpha value is -1.88. The van der Waals surface area contributed by atoms with Crippen LogP contribution in [0.5, 0.6) is 0 Å². The monoisotopic (exact) mass is 304 g/mol. The molecule has 0 bridgehead atoms. The fourth-order valence-corrected chi connectivity index (χ4v) is 2.83. The predicted octanol–water partition coefficient (Wildman–Crippen LogP) is 1.94. The summed E-state index contributed by atoms with van der Waals surface area (Å²) in [6.07, 6.45) is 1.23. The summed E-state index contributed by atoms with van der Waals surface area (Å²) >= 11 is 0. The lowest BCUT2D eigenvalue weighted by atomic mass is 9.95. The highest BCUT2D eigenvalue weighted by Crippen LogP contribution is 2.26. The Kier molecular flexibility index (Phi) is 5.19. The van der Waals surface area contributed by atoms with Gasteiger partial charge in [-0.3, -0.25) is 10.1 Å². The van der Waals surface area contributed by atoms with Crippen LogP contribution in [0.1, 0.15) is 45.2 Å². The lowest BCUT2D eigenvalue weighted by Gasteiger charge is -2.28. The lowest BCUT2D eigenvalue weighted by molar-refractivity contribution is -0.155. The summed E-state index contributed by atoms with van der Waals surface area (Å²) in [6.45, 7) is 5.88. The zero-order valence-corrected chi connectivity index (χ0v) is 13.4. The van der Waals surface area contributed by atoms with Crippen LogP contribution in [0.4, 0.5) is 0 Å². The van der Waals surface area contributed by atoms with E-state index in [1.807, 2.05) is 44.2 Å². The van der Waals surface area contributed by atoms with Gasteiger partial charge in [0, 0.05) is 6.04 Å². The Morgan fingerprint density at radius 3 is 2.64 bits per heavy atom. The van der Waals surface area contributed by atoms with Gasteiger partial charge in [0.05, 0.1) is 12.6 Å². The van der Waals surface area contributed by atoms with E-state index in [9.17, 15) is 9.59 Å². The first kappa shape index (κ1) is 16.5. The number of amides is 1. The van der Waals surface area contributed by atoms with Gasteiger partial charge in [0.1, 0.15) is 0 Å². The minimum absolute atomic E-state index is 0.113. The third-order valence-corrected chi connectivity index (χ3v) is 4.10. The average Bonchev–Trinajstić information content (AvgIpc) is 2.92. The van der Waals surface area contributed by atoms with E-state index in [0.29, 0.717) is 6.42 Å². The van der Waals surface area contributed by atoms with Crippen LogP contribution in [0.25, 0.3) is 0 Å². The molecule has 120 valence electrons. The van der Waals surface area contributed by atoms with Crippen molar-refractivity contribution in [3.8, 4) is 0 Å². The summed E-state index contributed by atoms with van der Waals surface area (Å²) < 4.78 is 5.12. The van der Waals surface area contributed by atoms with Crippen molar-refractivity contribution >= 4 is 11.9 Å². The first-order valence-corrected chi connectivity index (χ1v) is 7.80. The zero-order valence-electron chi connectivity index (χ0n) is 13.4. The van der Waals surface area contributed by atoms with Crippen molar-refractivity contribution in [2.75, 3.05) is 6.61 Å². The molecule has 0 radical (unpaired) electrons. The van der Waals surface area contributed by atoms with Crippen molar-refractivity contribution in [3.63, 3.8) is 0 Å². The number of nitrogens with one attached hydrogen (secondary N) is 2. The summed E-state index contributed by atoms with van der Waals surface area (Å²) in [5.41, 5.74) is -0.265. The summed E-state index contributed by atoms with van der Waals surface area (Å²) in [5, 5.41) is 6.06. The maximum Gasteiger partial charge on any atom is 0.336 e. The Morgan fingerprint density at radius 2 is 2.09 bits per heavy atom. The number of ether oxygens (including phenoxy) is 1. The maximum absolute atomic E-state index is 12.7. The molecule has 1 aliphatic rings. The van der Waals surface area contributed by atoms with E-state index in [1.54, 1.807) is 6.92 Å². The second kappa shape index (κ2) is 6.92. The van der Waals surface area contributed by atoms with E-state index in [4.69, 9.17) is 4.74 Å². The normalized spacial score (nSPS) is 25.5. The SMILES string of the molecule is CCOC(=O)C1(C(=O)N[C@@H](C)c2ccccc2)CCC(C)N1. The standard InChI is InChI=1S/C17H24N2O3/c1-4-22-16(21)17(11-10-12(2)19-17)15(20)18-13(3)14-8-6-5-7-9-14/h5-9,12-13,19H,4,10-11H2,1-3H3,(H,18,20)/t12?,13-,17?/m0/s1. The summed E-state index contributed by atoms with van der Waals surface area (Å²) in [6, 6.07) is 9.63. The van der Waals surface area contributed by atoms with Gasteiger partial charge in [0.15, 0.2) is 5.54 Å². The van der Waals surface area contributed by atoms with Gasteiger partial charge in [-0.25, -0.2) is 4.79 Å². The molecule has 0 aliphatic carbocycles. The van der Waals surface area contributed by atoms with Crippen molar-refractivity contribution in [2.24, 2.45) is 0 Å². The predicted molar refractivity (Wildman–Crippen MR) is 84.2 cm³/mol. The third-order valence-electron chi connectivity index (χ3n) is 4.10. The molecule has 22 heavy (non-hydrogen) atoms. The second-order valence-electron chi connectivity index (χ2n) is 5.82. The summed E-state index contributed by atoms with van der Waals surface area (Å²) in [4.78, 5) is 25.1. The number of carbonyl (C=O) groups is 2. The van der Waals surface area contributed by atoms with Gasteiger partial charge < -0.3 is 10.1 Å². The molecule has 1 fully saturated rings. The fourth-order valence-electron chi connectivity index (χ4n) is 2.83. The Balaban J connectivity index is 2.15. The van der Waals surface area contributed by atoms with Gasteiger partial charge in [0.2, 0.25) is 0 Å². The molecule has 5 heteroatoms. The van der Waals surface area contributed by atoms with Crippen LogP contribution in [0.3, 0.4) is 0 Å². The number of carbonyl (C=O) groups excluding carboxylic acids is 2. The number of esters is 1. The van der Waals surface area contributed by atoms with Crippen LogP contribution in [-0.2, 0) is 14.3 Å². The number of rotatable bonds is 5. The lowest BCUT2D eigenvalue weighted by Crippen LogP contribution is -2.61. The van der Waals surface area contributed by atoms with E-state index in [1.165, 1.54) is 0 Å². The highest BCUT2D eigenvalue weighted by Gasteiger charge is 2.51. The minimum atomic E-state index is -1.27. The van der Waals surface area contributed by atoms with Gasteiger partial charge >= 0.3 is 5.97 Å². The molecule has 5 nitrogen and oxygen atoms in total. The molecule has 1 amide bonds. The second-order valence-corrected chi connectivity index (χ2v) is 5.82. The smallest absolute Gasteiger partial charge is 0.336 e. The molecule has 0 spiro atoms. The van der Waals surface area contributed by atoms with Gasteiger partial charge in [0.25, 0.3) is 5.91 Å². The molecular weight excluding hydrogens is 280 g/mol. The number of hydrogen-bond acceptors (Lipinski definition) is 4. The van der Waals surface area contributed by atoms with Crippen molar-refractivity contribution in [2.45, 2.75) is 51.2 Å². The molecule has 2 N–H and O–H groups in total. The first-order chi connectivity index (χ1) is 10.5. The molecule has 0 saturated carbocycles. The Bertz CT molecular complexity index is 532. The minimum Gasteiger partial charge on any atom is -0.464 e. The van der Waals surface area contributed by atoms with Crippen molar-refractivity contribution in [3.05, 3.63) is 35.9 Å². The quantitative estimate of drug-likeness (QED) is 0.644. The molecule has 1 aliphatic heterocycles. The largest absolute Gasteiger partial charge is 0.464 e. The Morgan fingerprint density at radius 1 is 1.41 bits per heavy atom. The zero-order chi connectivity index (χ0) is 16.2. The van der Waals surface area contributed by atoms with Crippen molar-refractivity contribution < 1.29 is 14.3 Å². The highest BCUT2D eigenvalue weighted by molar-refractivity contribution is 6.08. The molecule has 2 unspecified atom stereocenters. The van der Waals surface area contributed by atoms with Crippen LogP contribution in [0.2, 0.25) is 0 Å². The van der Waals surface area contributed by atoms with Crippen molar-refractivity contribution in [1.29, 1.82) is 0 Å². The number of benzene rings is 1. The van der Waals surface area contributed by atoms with Crippen LogP contribution in [0.15, 0.2) is 30.3 Å². The van der Waals surface area contributed by atoms with Gasteiger partial charge in [-0.1, -0.05) is 30.3 Å². The van der Waals surface area contributed by atoms with Crippen molar-refractivity contribution in [1.82, 2.24) is 10.6 Å². The third kappa shape index (κ3) is 3.30. The van der Waals surface area contributed by atoms with Gasteiger partial charge in [-0.2, -0.15) is 0 Å². The number of hydrogen-bond donors (Lipinski definition) is 2. The summed E-state index contributed by atoms with van der Waals surface area (Å²) in [5.74, 6) is -0.802. The van der Waals surface area contributed by atoms with E-state index in [2.05, 4.69) is 10.6 Å². The van der Waals surface area contributed by atoms with Crippen LogP contribution >= 0.6 is 0 Å². The van der Waals surface area contributed by atoms with E-state index >= 15 is 0 Å². The van der Waals surface area contributed by atoms with Gasteiger partial charge in [-0.15, -0.1) is 0 Å². The fraction of sp³-hybridized carbons (Fsp3) is 0.529.